The summed E-state index contributed by atoms with van der Waals surface area (Å²) in [5.74, 6) is -0.481. The predicted octanol–water partition coefficient (Wildman–Crippen LogP) is 4.09. The van der Waals surface area contributed by atoms with Crippen LogP contribution in [-0.4, -0.2) is 43.2 Å². The maximum atomic E-state index is 13.2. The van der Waals surface area contributed by atoms with Gasteiger partial charge in [0.15, 0.2) is 0 Å². The zero-order valence-electron chi connectivity index (χ0n) is 18.6. The lowest BCUT2D eigenvalue weighted by atomic mass is 9.86. The molecule has 0 radical (unpaired) electrons. The average molecular weight is 474 g/mol. The number of benzene rings is 1. The van der Waals surface area contributed by atoms with E-state index in [0.717, 1.165) is 53.6 Å². The van der Waals surface area contributed by atoms with Crippen molar-refractivity contribution in [2.45, 2.75) is 57.0 Å². The van der Waals surface area contributed by atoms with Crippen LogP contribution in [0.5, 0.6) is 0 Å². The van der Waals surface area contributed by atoms with Gasteiger partial charge in [-0.15, -0.1) is 0 Å². The van der Waals surface area contributed by atoms with Crippen molar-refractivity contribution < 1.29 is 28.2 Å². The maximum absolute atomic E-state index is 13.2. The Bertz CT molecular complexity index is 1250. The van der Waals surface area contributed by atoms with Gasteiger partial charge in [-0.05, 0) is 68.4 Å². The Labute approximate surface area is 193 Å². The SMILES string of the molecule is CC1(O)Cc2cc3c(cnn3C3CCC(CO)CC3)cc2N1C(=O)c1cccc(C(F)(F)F)n1. The Kier molecular flexibility index (Phi) is 5.40. The highest BCUT2D eigenvalue weighted by Gasteiger charge is 2.44. The highest BCUT2D eigenvalue weighted by molar-refractivity contribution is 6.08. The van der Waals surface area contributed by atoms with Crippen molar-refractivity contribution in [1.82, 2.24) is 14.8 Å². The second kappa shape index (κ2) is 8.06. The molecule has 1 fully saturated rings. The molecule has 0 spiro atoms. The molecule has 0 saturated heterocycles. The molecule has 3 aromatic rings. The third-order valence-corrected chi connectivity index (χ3v) is 6.93. The van der Waals surface area contributed by atoms with Crippen LogP contribution in [0.2, 0.25) is 0 Å². The topological polar surface area (TPSA) is 91.5 Å². The standard InChI is InChI=1S/C24H25F3N4O3/c1-23(34)11-15-9-20-16(12-28-31(20)17-7-5-14(13-32)6-8-17)10-19(15)30(23)22(33)18-3-2-4-21(29-18)24(25,26)27/h2-4,9-10,12,14,17,32,34H,5-8,11,13H2,1H3. The van der Waals surface area contributed by atoms with E-state index in [1.165, 1.54) is 13.0 Å². The molecule has 180 valence electrons. The van der Waals surface area contributed by atoms with E-state index in [4.69, 9.17) is 0 Å². The molecule has 2 N–H and O–H groups in total. The van der Waals surface area contributed by atoms with Crippen LogP contribution in [0.1, 0.15) is 60.4 Å². The van der Waals surface area contributed by atoms with E-state index < -0.39 is 23.5 Å². The van der Waals surface area contributed by atoms with E-state index >= 15 is 0 Å². The second-order valence-corrected chi connectivity index (χ2v) is 9.43. The van der Waals surface area contributed by atoms with Gasteiger partial charge >= 0.3 is 6.18 Å². The first-order chi connectivity index (χ1) is 16.1. The Morgan fingerprint density at radius 3 is 2.62 bits per heavy atom. The molecule has 34 heavy (non-hydrogen) atoms. The van der Waals surface area contributed by atoms with Gasteiger partial charge in [0, 0.05) is 18.4 Å². The largest absolute Gasteiger partial charge is 0.433 e. The van der Waals surface area contributed by atoms with Gasteiger partial charge in [0.1, 0.15) is 17.1 Å². The Balaban J connectivity index is 1.50. The molecule has 2 aromatic heterocycles. The second-order valence-electron chi connectivity index (χ2n) is 9.43. The molecule has 1 unspecified atom stereocenters. The van der Waals surface area contributed by atoms with Gasteiger partial charge < -0.3 is 10.2 Å². The van der Waals surface area contributed by atoms with Gasteiger partial charge in [-0.25, -0.2) is 4.98 Å². The summed E-state index contributed by atoms with van der Waals surface area (Å²) >= 11 is 0. The lowest BCUT2D eigenvalue weighted by molar-refractivity contribution is -0.141. The molecule has 0 bridgehead atoms. The van der Waals surface area contributed by atoms with Crippen LogP contribution in [0.3, 0.4) is 0 Å². The number of pyridine rings is 1. The van der Waals surface area contributed by atoms with Crippen molar-refractivity contribution in [1.29, 1.82) is 0 Å². The van der Waals surface area contributed by atoms with Crippen molar-refractivity contribution in [3.05, 3.63) is 53.5 Å². The molecular weight excluding hydrogens is 449 g/mol. The summed E-state index contributed by atoms with van der Waals surface area (Å²) in [5, 5.41) is 25.8. The number of halogens is 3. The zero-order valence-corrected chi connectivity index (χ0v) is 18.6. The fourth-order valence-electron chi connectivity index (χ4n) is 5.19. The molecule has 1 amide bonds. The minimum absolute atomic E-state index is 0.130. The summed E-state index contributed by atoms with van der Waals surface area (Å²) in [4.78, 5) is 17.9. The monoisotopic (exact) mass is 474 g/mol. The van der Waals surface area contributed by atoms with E-state index in [1.54, 1.807) is 12.3 Å². The van der Waals surface area contributed by atoms with Gasteiger partial charge in [0.05, 0.1) is 23.4 Å². The van der Waals surface area contributed by atoms with Crippen molar-refractivity contribution in [3.8, 4) is 0 Å². The van der Waals surface area contributed by atoms with E-state index in [0.29, 0.717) is 17.2 Å². The number of nitrogens with zero attached hydrogens (tertiary/aromatic N) is 4. The Morgan fingerprint density at radius 1 is 1.21 bits per heavy atom. The zero-order chi connectivity index (χ0) is 24.3. The van der Waals surface area contributed by atoms with Crippen LogP contribution in [0.25, 0.3) is 10.9 Å². The highest BCUT2D eigenvalue weighted by atomic mass is 19.4. The summed E-state index contributed by atoms with van der Waals surface area (Å²) in [6, 6.07) is 7.00. The van der Waals surface area contributed by atoms with Gasteiger partial charge in [-0.2, -0.15) is 18.3 Å². The van der Waals surface area contributed by atoms with Crippen molar-refractivity contribution in [3.63, 3.8) is 0 Å². The number of alkyl halides is 3. The molecule has 1 aliphatic heterocycles. The van der Waals surface area contributed by atoms with Crippen molar-refractivity contribution >= 4 is 22.5 Å². The molecule has 7 nitrogen and oxygen atoms in total. The summed E-state index contributed by atoms with van der Waals surface area (Å²) in [7, 11) is 0. The first-order valence-electron chi connectivity index (χ1n) is 11.3. The fourth-order valence-corrected chi connectivity index (χ4v) is 5.19. The number of aliphatic hydroxyl groups excluding tert-OH is 1. The van der Waals surface area contributed by atoms with E-state index in [1.807, 2.05) is 10.7 Å². The first-order valence-corrected chi connectivity index (χ1v) is 11.3. The number of carbonyl (C=O) groups is 1. The van der Waals surface area contributed by atoms with E-state index in [-0.39, 0.29) is 24.8 Å². The number of aliphatic hydroxyl groups is 2. The number of hydrogen-bond donors (Lipinski definition) is 2. The third-order valence-electron chi connectivity index (χ3n) is 6.93. The number of fused-ring (bicyclic) bond motifs is 2. The first kappa shape index (κ1) is 22.8. The molecule has 1 atom stereocenters. The van der Waals surface area contributed by atoms with Crippen molar-refractivity contribution in [2.75, 3.05) is 11.5 Å². The minimum Gasteiger partial charge on any atom is -0.396 e. The van der Waals surface area contributed by atoms with Crippen LogP contribution in [0.4, 0.5) is 18.9 Å². The molecule has 2 aliphatic rings. The molecule has 1 aliphatic carbocycles. The molecule has 1 aromatic carbocycles. The summed E-state index contributed by atoms with van der Waals surface area (Å²) in [5.41, 5.74) is -1.14. The van der Waals surface area contributed by atoms with Crippen LogP contribution < -0.4 is 4.90 Å². The van der Waals surface area contributed by atoms with Crippen LogP contribution in [-0.2, 0) is 12.6 Å². The molecule has 1 saturated carbocycles. The van der Waals surface area contributed by atoms with E-state index in [2.05, 4.69) is 10.1 Å². The average Bonchev–Trinajstić information content (AvgIpc) is 3.32. The normalized spacial score (nSPS) is 25.1. The predicted molar refractivity (Wildman–Crippen MR) is 118 cm³/mol. The number of amides is 1. The maximum Gasteiger partial charge on any atom is 0.433 e. The highest BCUT2D eigenvalue weighted by Crippen LogP contribution is 2.42. The lowest BCUT2D eigenvalue weighted by Crippen LogP contribution is -2.48. The summed E-state index contributed by atoms with van der Waals surface area (Å²) in [6.07, 6.45) is 0.810. The van der Waals surface area contributed by atoms with Crippen molar-refractivity contribution in [2.24, 2.45) is 5.92 Å². The van der Waals surface area contributed by atoms with Crippen LogP contribution in [0, 0.1) is 5.92 Å². The number of anilines is 1. The van der Waals surface area contributed by atoms with Crippen LogP contribution in [0.15, 0.2) is 36.5 Å². The third kappa shape index (κ3) is 3.84. The summed E-state index contributed by atoms with van der Waals surface area (Å²) < 4.78 is 41.3. The Hall–Kier alpha value is -2.98. The van der Waals surface area contributed by atoms with E-state index in [9.17, 15) is 28.2 Å². The quantitative estimate of drug-likeness (QED) is 0.597. The summed E-state index contributed by atoms with van der Waals surface area (Å²) in [6.45, 7) is 1.66. The lowest BCUT2D eigenvalue weighted by Gasteiger charge is -2.30. The molecule has 5 rings (SSSR count). The minimum atomic E-state index is -4.68. The van der Waals surface area contributed by atoms with Gasteiger partial charge in [0.2, 0.25) is 0 Å². The fraction of sp³-hybridized carbons (Fsp3) is 0.458. The van der Waals surface area contributed by atoms with Crippen LogP contribution >= 0.6 is 0 Å². The number of aromatic nitrogens is 3. The molecule has 3 heterocycles. The van der Waals surface area contributed by atoms with Gasteiger partial charge in [0.25, 0.3) is 5.91 Å². The van der Waals surface area contributed by atoms with Gasteiger partial charge in [-0.3, -0.25) is 14.4 Å². The molecular formula is C24H25F3N4O3. The smallest absolute Gasteiger partial charge is 0.396 e. The number of carbonyl (C=O) groups excluding carboxylic acids is 1. The van der Waals surface area contributed by atoms with Gasteiger partial charge in [-0.1, -0.05) is 6.07 Å². The number of hydrogen-bond acceptors (Lipinski definition) is 5. The Morgan fingerprint density at radius 2 is 1.94 bits per heavy atom. The number of rotatable bonds is 3. The molecule has 10 heteroatoms.